The summed E-state index contributed by atoms with van der Waals surface area (Å²) in [5, 5.41) is 11.7. The molecule has 2 atom stereocenters. The van der Waals surface area contributed by atoms with Crippen LogP contribution in [0.4, 0.5) is 0 Å². The van der Waals surface area contributed by atoms with Crippen LogP contribution < -0.4 is 5.32 Å². The Morgan fingerprint density at radius 1 is 1.47 bits per heavy atom. The Labute approximate surface area is 101 Å². The molecule has 2 heterocycles. The summed E-state index contributed by atoms with van der Waals surface area (Å²) in [5.41, 5.74) is 0. The number of likely N-dealkylation sites (tertiary alicyclic amines) is 1. The second kappa shape index (κ2) is 5.49. The van der Waals surface area contributed by atoms with Gasteiger partial charge in [0.15, 0.2) is 0 Å². The third-order valence-electron chi connectivity index (χ3n) is 3.72. The average Bonchev–Trinajstić information content (AvgIpc) is 2.35. The van der Waals surface area contributed by atoms with Gasteiger partial charge < -0.3 is 15.3 Å². The molecule has 0 saturated carbocycles. The first-order chi connectivity index (χ1) is 8.20. The lowest BCUT2D eigenvalue weighted by molar-refractivity contribution is -0.135. The number of hydrogen-bond donors (Lipinski definition) is 2. The van der Waals surface area contributed by atoms with Crippen LogP contribution in [0.2, 0.25) is 0 Å². The minimum atomic E-state index is 0.0711. The van der Waals surface area contributed by atoms with E-state index in [0.29, 0.717) is 25.2 Å². The summed E-state index contributed by atoms with van der Waals surface area (Å²) in [6.07, 6.45) is 3.31. The van der Waals surface area contributed by atoms with Crippen molar-refractivity contribution in [3.63, 3.8) is 0 Å². The quantitative estimate of drug-likeness (QED) is 0.723. The molecule has 0 aromatic heterocycles. The van der Waals surface area contributed by atoms with E-state index >= 15 is 0 Å². The highest BCUT2D eigenvalue weighted by Gasteiger charge is 2.34. The maximum absolute atomic E-state index is 11.8. The number of aliphatic hydroxyl groups excluding tert-OH is 1. The van der Waals surface area contributed by atoms with E-state index in [9.17, 15) is 9.59 Å². The maximum Gasteiger partial charge on any atom is 0.222 e. The molecule has 0 spiro atoms. The maximum atomic E-state index is 11.8. The lowest BCUT2D eigenvalue weighted by Gasteiger charge is -2.41. The Balaban J connectivity index is 1.85. The van der Waals surface area contributed by atoms with Crippen LogP contribution >= 0.6 is 0 Å². The topological polar surface area (TPSA) is 69.6 Å². The zero-order chi connectivity index (χ0) is 12.3. The van der Waals surface area contributed by atoms with E-state index in [0.717, 1.165) is 25.9 Å². The highest BCUT2D eigenvalue weighted by Crippen LogP contribution is 2.25. The molecule has 0 aliphatic carbocycles. The Morgan fingerprint density at radius 3 is 3.06 bits per heavy atom. The number of amides is 2. The third kappa shape index (κ3) is 2.97. The predicted octanol–water partition coefficient (Wildman–Crippen LogP) is -0.114. The van der Waals surface area contributed by atoms with Gasteiger partial charge in [-0.1, -0.05) is 0 Å². The number of carbonyl (C=O) groups excluding carboxylic acids is 2. The van der Waals surface area contributed by atoms with Crippen LogP contribution in [-0.4, -0.2) is 47.6 Å². The molecule has 5 heteroatoms. The van der Waals surface area contributed by atoms with Gasteiger partial charge in [0.2, 0.25) is 11.8 Å². The van der Waals surface area contributed by atoms with Crippen LogP contribution in [0, 0.1) is 5.92 Å². The van der Waals surface area contributed by atoms with Gasteiger partial charge in [0.05, 0.1) is 0 Å². The molecule has 0 aromatic rings. The lowest BCUT2D eigenvalue weighted by atomic mass is 9.85. The van der Waals surface area contributed by atoms with Gasteiger partial charge in [0, 0.05) is 38.6 Å². The Kier molecular flexibility index (Phi) is 3.99. The van der Waals surface area contributed by atoms with Crippen molar-refractivity contribution in [2.24, 2.45) is 5.92 Å². The monoisotopic (exact) mass is 240 g/mol. The molecule has 0 bridgehead atoms. The zero-order valence-electron chi connectivity index (χ0n) is 10.0. The summed E-state index contributed by atoms with van der Waals surface area (Å²) < 4.78 is 0. The molecule has 2 fully saturated rings. The molecule has 2 N–H and O–H groups in total. The number of fused-ring (bicyclic) bond motifs is 1. The highest BCUT2D eigenvalue weighted by atomic mass is 16.3. The summed E-state index contributed by atoms with van der Waals surface area (Å²) in [4.78, 5) is 25.0. The average molecular weight is 240 g/mol. The largest absolute Gasteiger partial charge is 0.396 e. The second-order valence-corrected chi connectivity index (χ2v) is 4.93. The zero-order valence-corrected chi connectivity index (χ0v) is 10.0. The fraction of sp³-hybridized carbons (Fsp3) is 0.833. The molecule has 5 nitrogen and oxygen atoms in total. The number of aliphatic hydroxyl groups is 1. The van der Waals surface area contributed by atoms with Gasteiger partial charge in [-0.15, -0.1) is 0 Å². The molecular weight excluding hydrogens is 220 g/mol. The molecule has 2 aliphatic rings. The normalized spacial score (nSPS) is 28.5. The van der Waals surface area contributed by atoms with Crippen molar-refractivity contribution < 1.29 is 14.7 Å². The number of piperidine rings is 2. The molecule has 96 valence electrons. The van der Waals surface area contributed by atoms with Crippen molar-refractivity contribution in [2.75, 3.05) is 19.7 Å². The number of rotatable bonds is 3. The molecule has 0 aromatic carbocycles. The van der Waals surface area contributed by atoms with Crippen LogP contribution in [0.1, 0.15) is 32.1 Å². The second-order valence-electron chi connectivity index (χ2n) is 4.93. The molecule has 2 rings (SSSR count). The smallest absolute Gasteiger partial charge is 0.222 e. The summed E-state index contributed by atoms with van der Waals surface area (Å²) >= 11 is 0. The Morgan fingerprint density at radius 2 is 2.29 bits per heavy atom. The van der Waals surface area contributed by atoms with E-state index in [4.69, 9.17) is 5.11 Å². The molecular formula is C12H20N2O3. The van der Waals surface area contributed by atoms with E-state index in [1.54, 1.807) is 0 Å². The highest BCUT2D eigenvalue weighted by molar-refractivity contribution is 5.78. The van der Waals surface area contributed by atoms with E-state index in [1.165, 1.54) is 0 Å². The van der Waals surface area contributed by atoms with E-state index < -0.39 is 0 Å². The van der Waals surface area contributed by atoms with Gasteiger partial charge in [-0.25, -0.2) is 0 Å². The number of nitrogens with zero attached hydrogens (tertiary/aromatic N) is 1. The minimum Gasteiger partial charge on any atom is -0.396 e. The van der Waals surface area contributed by atoms with Gasteiger partial charge in [-0.2, -0.15) is 0 Å². The first-order valence-corrected chi connectivity index (χ1v) is 6.38. The predicted molar refractivity (Wildman–Crippen MR) is 62.2 cm³/mol. The summed E-state index contributed by atoms with van der Waals surface area (Å²) in [7, 11) is 0. The van der Waals surface area contributed by atoms with Crippen molar-refractivity contribution in [1.82, 2.24) is 10.2 Å². The van der Waals surface area contributed by atoms with Gasteiger partial charge in [-0.05, 0) is 25.2 Å². The van der Waals surface area contributed by atoms with Crippen molar-refractivity contribution in [2.45, 2.75) is 38.1 Å². The van der Waals surface area contributed by atoms with E-state index in [1.807, 2.05) is 4.90 Å². The summed E-state index contributed by atoms with van der Waals surface area (Å²) in [5.74, 6) is 0.695. The standard InChI is InChI=1S/C12H20N2O3/c15-7-1-2-12(17)14-6-5-10-9(8-14)3-4-11(16)13-10/h9-10,15H,1-8H2,(H,13,16). The van der Waals surface area contributed by atoms with Crippen molar-refractivity contribution in [3.05, 3.63) is 0 Å². The molecule has 17 heavy (non-hydrogen) atoms. The van der Waals surface area contributed by atoms with Crippen LogP contribution in [0.5, 0.6) is 0 Å². The fourth-order valence-corrected chi connectivity index (χ4v) is 2.73. The van der Waals surface area contributed by atoms with Gasteiger partial charge >= 0.3 is 0 Å². The van der Waals surface area contributed by atoms with E-state index in [2.05, 4.69) is 5.32 Å². The van der Waals surface area contributed by atoms with Crippen LogP contribution in [0.25, 0.3) is 0 Å². The first kappa shape index (κ1) is 12.4. The van der Waals surface area contributed by atoms with Crippen LogP contribution in [0.15, 0.2) is 0 Å². The molecule has 2 aliphatic heterocycles. The SMILES string of the molecule is O=C1CCC2CN(C(=O)CCCO)CCC2N1. The summed E-state index contributed by atoms with van der Waals surface area (Å²) in [6, 6.07) is 0.262. The van der Waals surface area contributed by atoms with Crippen molar-refractivity contribution in [3.8, 4) is 0 Å². The van der Waals surface area contributed by atoms with Crippen molar-refractivity contribution >= 4 is 11.8 Å². The molecule has 2 amide bonds. The van der Waals surface area contributed by atoms with Gasteiger partial charge in [0.25, 0.3) is 0 Å². The van der Waals surface area contributed by atoms with Crippen LogP contribution in [0.3, 0.4) is 0 Å². The van der Waals surface area contributed by atoms with Crippen molar-refractivity contribution in [1.29, 1.82) is 0 Å². The summed E-state index contributed by atoms with van der Waals surface area (Å²) in [6.45, 7) is 1.56. The minimum absolute atomic E-state index is 0.0711. The number of hydrogen-bond acceptors (Lipinski definition) is 3. The van der Waals surface area contributed by atoms with Gasteiger partial charge in [0.1, 0.15) is 0 Å². The number of nitrogens with one attached hydrogen (secondary N) is 1. The Hall–Kier alpha value is -1.10. The lowest BCUT2D eigenvalue weighted by Crippen LogP contribution is -2.55. The molecule has 2 saturated heterocycles. The van der Waals surface area contributed by atoms with E-state index in [-0.39, 0.29) is 24.5 Å². The molecule has 0 radical (unpaired) electrons. The number of carbonyl (C=O) groups is 2. The fourth-order valence-electron chi connectivity index (χ4n) is 2.73. The first-order valence-electron chi connectivity index (χ1n) is 6.38. The van der Waals surface area contributed by atoms with Crippen LogP contribution in [-0.2, 0) is 9.59 Å². The van der Waals surface area contributed by atoms with Gasteiger partial charge in [-0.3, -0.25) is 9.59 Å². The molecule has 2 unspecified atom stereocenters. The third-order valence-corrected chi connectivity index (χ3v) is 3.72. The Bertz CT molecular complexity index is 306.